The summed E-state index contributed by atoms with van der Waals surface area (Å²) in [6, 6.07) is 5.44. The van der Waals surface area contributed by atoms with E-state index in [9.17, 15) is 29.4 Å². The number of amides is 2. The van der Waals surface area contributed by atoms with Crippen LogP contribution in [0.2, 0.25) is 0 Å². The summed E-state index contributed by atoms with van der Waals surface area (Å²) in [5, 5.41) is 34.4. The number of aliphatic carboxylic acids is 1. The summed E-state index contributed by atoms with van der Waals surface area (Å²) in [6.07, 6.45) is -0.411. The van der Waals surface area contributed by atoms with Crippen LogP contribution >= 0.6 is 11.8 Å². The van der Waals surface area contributed by atoms with E-state index in [4.69, 9.17) is 5.11 Å². The molecular formula is C23H29N3O7S. The third-order valence-electron chi connectivity index (χ3n) is 5.85. The largest absolute Gasteiger partial charge is 0.478 e. The van der Waals surface area contributed by atoms with Crippen molar-refractivity contribution in [1.82, 2.24) is 10.2 Å². The van der Waals surface area contributed by atoms with Crippen LogP contribution in [0.3, 0.4) is 0 Å². The van der Waals surface area contributed by atoms with Gasteiger partial charge in [0.25, 0.3) is 0 Å². The minimum absolute atomic E-state index is 0.0666. The minimum Gasteiger partial charge on any atom is -0.478 e. The number of aromatic carboxylic acids is 1. The number of carboxylic acid groups (broad SMARTS) is 2. The van der Waals surface area contributed by atoms with Crippen molar-refractivity contribution in [1.29, 1.82) is 0 Å². The van der Waals surface area contributed by atoms with Crippen LogP contribution in [0.15, 0.2) is 34.9 Å². The number of benzene rings is 1. The first kappa shape index (κ1) is 25.7. The van der Waals surface area contributed by atoms with E-state index in [0.29, 0.717) is 23.6 Å². The van der Waals surface area contributed by atoms with E-state index in [2.05, 4.69) is 10.6 Å². The smallest absolute Gasteiger partial charge is 0.353 e. The van der Waals surface area contributed by atoms with E-state index in [1.165, 1.54) is 35.7 Å². The van der Waals surface area contributed by atoms with Gasteiger partial charge < -0.3 is 30.9 Å². The fraction of sp³-hybridized carbons (Fsp3) is 0.478. The number of hydrogen-bond donors (Lipinski definition) is 5. The second-order valence-corrected chi connectivity index (χ2v) is 10.1. The van der Waals surface area contributed by atoms with Gasteiger partial charge in [0.1, 0.15) is 5.70 Å². The van der Waals surface area contributed by atoms with Gasteiger partial charge in [0.05, 0.1) is 23.6 Å². The van der Waals surface area contributed by atoms with Crippen molar-refractivity contribution < 1.29 is 34.5 Å². The number of nitrogens with zero attached hydrogens (tertiary/aromatic N) is 1. The Balaban J connectivity index is 1.69. The highest BCUT2D eigenvalue weighted by molar-refractivity contribution is 8.03. The van der Waals surface area contributed by atoms with Crippen LogP contribution in [0.25, 0.3) is 0 Å². The molecule has 0 radical (unpaired) electrons. The Labute approximate surface area is 201 Å². The highest BCUT2D eigenvalue weighted by Gasteiger charge is 2.45. The second-order valence-electron chi connectivity index (χ2n) is 8.78. The highest BCUT2D eigenvalue weighted by Crippen LogP contribution is 2.38. The number of nitrogens with one attached hydrogen (secondary N) is 2. The molecule has 184 valence electrons. The summed E-state index contributed by atoms with van der Waals surface area (Å²) in [5.41, 5.74) is 0.375. The maximum atomic E-state index is 12.7. The monoisotopic (exact) mass is 491 g/mol. The summed E-state index contributed by atoms with van der Waals surface area (Å²) in [7, 11) is 0. The molecular weight excluding hydrogens is 462 g/mol. The van der Waals surface area contributed by atoms with Crippen molar-refractivity contribution in [2.24, 2.45) is 11.8 Å². The molecule has 5 N–H and O–H groups in total. The van der Waals surface area contributed by atoms with Crippen LogP contribution in [0, 0.1) is 11.8 Å². The number of anilines is 1. The Morgan fingerprint density at radius 2 is 1.91 bits per heavy atom. The fourth-order valence-electron chi connectivity index (χ4n) is 3.96. The Morgan fingerprint density at radius 1 is 1.21 bits per heavy atom. The quantitative estimate of drug-likeness (QED) is 0.256. The zero-order valence-corrected chi connectivity index (χ0v) is 20.0. The second kappa shape index (κ2) is 10.6. The molecule has 2 saturated heterocycles. The molecule has 2 aliphatic heterocycles. The molecule has 0 aliphatic carbocycles. The molecule has 4 unspecified atom stereocenters. The molecule has 4 atom stereocenters. The van der Waals surface area contributed by atoms with E-state index in [-0.39, 0.29) is 34.9 Å². The topological polar surface area (TPSA) is 156 Å². The summed E-state index contributed by atoms with van der Waals surface area (Å²) in [4.78, 5) is 50.1. The van der Waals surface area contributed by atoms with E-state index in [0.717, 1.165) is 0 Å². The van der Waals surface area contributed by atoms with Gasteiger partial charge >= 0.3 is 11.9 Å². The van der Waals surface area contributed by atoms with E-state index in [1.54, 1.807) is 12.1 Å². The van der Waals surface area contributed by atoms with Gasteiger partial charge in [-0.3, -0.25) is 9.59 Å². The first-order chi connectivity index (χ1) is 16.0. The number of carboxylic acids is 2. The molecule has 2 fully saturated rings. The zero-order valence-electron chi connectivity index (χ0n) is 19.1. The average molecular weight is 492 g/mol. The normalized spacial score (nSPS) is 23.9. The molecule has 1 aromatic rings. The Kier molecular flexibility index (Phi) is 8.01. The van der Waals surface area contributed by atoms with Crippen LogP contribution in [0.5, 0.6) is 0 Å². The molecule has 2 heterocycles. The van der Waals surface area contributed by atoms with E-state index in [1.807, 2.05) is 13.8 Å². The van der Waals surface area contributed by atoms with Crippen molar-refractivity contribution in [2.75, 3.05) is 18.4 Å². The van der Waals surface area contributed by atoms with Gasteiger partial charge in [0, 0.05) is 28.9 Å². The highest BCUT2D eigenvalue weighted by atomic mass is 32.2. The number of carbonyl (C=O) groups excluding carboxylic acids is 2. The molecule has 10 nitrogen and oxygen atoms in total. The molecule has 34 heavy (non-hydrogen) atoms. The summed E-state index contributed by atoms with van der Waals surface area (Å²) < 4.78 is 0. The Hall–Kier alpha value is -2.89. The first-order valence-electron chi connectivity index (χ1n) is 11.0. The summed E-state index contributed by atoms with van der Waals surface area (Å²) >= 11 is 1.34. The molecule has 1 aromatic carbocycles. The maximum Gasteiger partial charge on any atom is 0.353 e. The molecule has 0 bridgehead atoms. The molecule has 0 aromatic heterocycles. The number of β-lactam (4-membered cyclic amide) rings is 1. The number of aliphatic hydroxyl groups is 1. The molecule has 0 spiro atoms. The van der Waals surface area contributed by atoms with Crippen molar-refractivity contribution in [2.45, 2.75) is 44.6 Å². The van der Waals surface area contributed by atoms with Gasteiger partial charge in [0.2, 0.25) is 11.8 Å². The maximum absolute atomic E-state index is 12.7. The van der Waals surface area contributed by atoms with Crippen molar-refractivity contribution in [3.63, 3.8) is 0 Å². The molecule has 2 amide bonds. The van der Waals surface area contributed by atoms with Crippen LogP contribution < -0.4 is 10.6 Å². The number of rotatable bonds is 9. The lowest BCUT2D eigenvalue weighted by molar-refractivity contribution is -0.154. The van der Waals surface area contributed by atoms with Crippen molar-refractivity contribution in [3.8, 4) is 0 Å². The fourth-order valence-corrected chi connectivity index (χ4v) is 5.37. The van der Waals surface area contributed by atoms with Gasteiger partial charge in [-0.15, -0.1) is 11.8 Å². The van der Waals surface area contributed by atoms with Gasteiger partial charge in [-0.25, -0.2) is 9.59 Å². The van der Waals surface area contributed by atoms with Gasteiger partial charge in [-0.05, 0) is 37.5 Å². The SMILES string of the molecule is CC(C)C(SC1CNC(C(=O)Nc2cccc(C(=O)O)c2)C1)=C(C(=O)O)N1CC(C(C)O)C1=O. The predicted molar refractivity (Wildman–Crippen MR) is 126 cm³/mol. The number of likely N-dealkylation sites (tertiary alicyclic amines) is 1. The van der Waals surface area contributed by atoms with Gasteiger partial charge in [-0.2, -0.15) is 0 Å². The number of allylic oxidation sites excluding steroid dienone is 1. The third kappa shape index (κ3) is 5.60. The molecule has 0 saturated carbocycles. The standard InChI is InChI=1S/C23H29N3O7S/c1-11(2)19(18(23(32)33)26-10-16(12(3)27)21(26)29)34-15-8-17(24-9-15)20(28)25-14-6-4-5-13(7-14)22(30)31/h4-7,11-12,15-17,24,27H,8-10H2,1-3H3,(H,25,28)(H,30,31)(H,32,33). The summed E-state index contributed by atoms with van der Waals surface area (Å²) in [5.74, 6) is -3.77. The van der Waals surface area contributed by atoms with Crippen molar-refractivity contribution in [3.05, 3.63) is 40.4 Å². The molecule has 3 rings (SSSR count). The minimum atomic E-state index is -1.20. The van der Waals surface area contributed by atoms with Crippen molar-refractivity contribution >= 4 is 41.2 Å². The first-order valence-corrected chi connectivity index (χ1v) is 11.9. The average Bonchev–Trinajstić information content (AvgIpc) is 3.23. The Morgan fingerprint density at radius 3 is 2.47 bits per heavy atom. The van der Waals surface area contributed by atoms with Gasteiger partial charge in [0.15, 0.2) is 0 Å². The lowest BCUT2D eigenvalue weighted by atomic mass is 9.92. The third-order valence-corrected chi connectivity index (χ3v) is 7.46. The summed E-state index contributed by atoms with van der Waals surface area (Å²) in [6.45, 7) is 5.83. The number of hydrogen-bond acceptors (Lipinski definition) is 7. The lowest BCUT2D eigenvalue weighted by Crippen LogP contribution is -2.57. The van der Waals surface area contributed by atoms with E-state index >= 15 is 0 Å². The van der Waals surface area contributed by atoms with Crippen LogP contribution in [0.4, 0.5) is 5.69 Å². The van der Waals surface area contributed by atoms with Crippen LogP contribution in [-0.4, -0.2) is 74.5 Å². The Bertz CT molecular complexity index is 1020. The number of aliphatic hydroxyl groups excluding tert-OH is 1. The van der Waals surface area contributed by atoms with Crippen LogP contribution in [0.1, 0.15) is 37.6 Å². The lowest BCUT2D eigenvalue weighted by Gasteiger charge is -2.41. The predicted octanol–water partition coefficient (Wildman–Crippen LogP) is 1.58. The van der Waals surface area contributed by atoms with Gasteiger partial charge in [-0.1, -0.05) is 19.9 Å². The number of carbonyl (C=O) groups is 4. The van der Waals surface area contributed by atoms with E-state index < -0.39 is 35.9 Å². The molecule has 11 heteroatoms. The van der Waals surface area contributed by atoms with Crippen LogP contribution in [-0.2, 0) is 14.4 Å². The number of thioether (sulfide) groups is 1. The zero-order chi connectivity index (χ0) is 25.2. The molecule has 2 aliphatic rings.